The summed E-state index contributed by atoms with van der Waals surface area (Å²) in [5, 5.41) is 2.41. The van der Waals surface area contributed by atoms with Crippen LogP contribution in [0.15, 0.2) is 0 Å². The molecule has 0 bridgehead atoms. The number of carbonyl (C=O) groups excluding carboxylic acids is 2. The summed E-state index contributed by atoms with van der Waals surface area (Å²) in [6.45, 7) is 6.54. The lowest BCUT2D eigenvalue weighted by Gasteiger charge is -2.25. The molecule has 0 heterocycles. The Morgan fingerprint density at radius 3 is 2.05 bits per heavy atom. The predicted molar refractivity (Wildman–Crippen MR) is 68.6 cm³/mol. The number of nitrogens with two attached hydrogens (primary N) is 1. The van der Waals surface area contributed by atoms with Crippen molar-refractivity contribution in [2.24, 2.45) is 5.73 Å². The van der Waals surface area contributed by atoms with Crippen molar-refractivity contribution in [2.75, 3.05) is 13.2 Å². The number of hydrogen-bond acceptors (Lipinski definition) is 6. The van der Waals surface area contributed by atoms with Gasteiger partial charge in [0, 0.05) is 0 Å². The van der Waals surface area contributed by atoms with E-state index in [9.17, 15) is 14.2 Å². The van der Waals surface area contributed by atoms with E-state index in [4.69, 9.17) is 14.8 Å². The lowest BCUT2D eigenvalue weighted by molar-refractivity contribution is -0.128. The molecule has 0 aromatic carbocycles. The zero-order valence-electron chi connectivity index (χ0n) is 11.5. The van der Waals surface area contributed by atoms with Crippen molar-refractivity contribution < 1.29 is 27.9 Å². The van der Waals surface area contributed by atoms with Crippen LogP contribution in [0.2, 0.25) is 0 Å². The number of rotatable bonds is 8. The summed E-state index contributed by atoms with van der Waals surface area (Å²) < 4.78 is 27.0. The van der Waals surface area contributed by atoms with Crippen LogP contribution < -0.4 is 11.1 Å². The Balaban J connectivity index is 4.63. The maximum absolute atomic E-state index is 12.3. The van der Waals surface area contributed by atoms with Gasteiger partial charge in [0.2, 0.25) is 0 Å². The van der Waals surface area contributed by atoms with Gasteiger partial charge in [0.25, 0.3) is 5.91 Å². The Bertz CT molecular complexity index is 352. The molecule has 0 rings (SSSR count). The molecule has 2 unspecified atom stereocenters. The van der Waals surface area contributed by atoms with Crippen molar-refractivity contribution in [3.05, 3.63) is 0 Å². The van der Waals surface area contributed by atoms with Gasteiger partial charge in [0.05, 0.1) is 13.2 Å². The number of ether oxygens (including phenoxy) is 1. The largest absolute Gasteiger partial charge is 0.437 e. The Kier molecular flexibility index (Phi) is 7.66. The van der Waals surface area contributed by atoms with Crippen LogP contribution in [0.5, 0.6) is 0 Å². The zero-order chi connectivity index (χ0) is 15.1. The first-order valence-electron chi connectivity index (χ1n) is 5.92. The van der Waals surface area contributed by atoms with Gasteiger partial charge in [0.1, 0.15) is 5.78 Å². The number of carbonyl (C=O) groups is 2. The molecule has 0 aliphatic heterocycles. The van der Waals surface area contributed by atoms with Gasteiger partial charge in [0.15, 0.2) is 6.10 Å². The Morgan fingerprint density at radius 2 is 1.68 bits per heavy atom. The molecule has 8 nitrogen and oxygen atoms in total. The predicted octanol–water partition coefficient (Wildman–Crippen LogP) is 1.20. The van der Waals surface area contributed by atoms with E-state index in [1.54, 1.807) is 13.8 Å². The van der Waals surface area contributed by atoms with Crippen LogP contribution in [0.4, 0.5) is 4.79 Å². The average molecular weight is 296 g/mol. The Labute approximate surface area is 112 Å². The van der Waals surface area contributed by atoms with Crippen LogP contribution in [0, 0.1) is 0 Å². The molecule has 0 aromatic heterocycles. The number of primary amides is 1. The van der Waals surface area contributed by atoms with Crippen LogP contribution in [0.25, 0.3) is 0 Å². The molecule has 112 valence electrons. The third-order valence-electron chi connectivity index (χ3n) is 2.11. The van der Waals surface area contributed by atoms with E-state index in [2.05, 4.69) is 10.1 Å². The highest BCUT2D eigenvalue weighted by Crippen LogP contribution is 2.51. The highest BCUT2D eigenvalue weighted by Gasteiger charge is 2.34. The Morgan fingerprint density at radius 1 is 1.21 bits per heavy atom. The van der Waals surface area contributed by atoms with Crippen LogP contribution in [-0.2, 0) is 23.1 Å². The summed E-state index contributed by atoms with van der Waals surface area (Å²) in [4.78, 5) is 22.2. The van der Waals surface area contributed by atoms with Crippen LogP contribution >= 0.6 is 7.60 Å². The minimum absolute atomic E-state index is 0.185. The normalized spacial score (nSPS) is 14.5. The molecule has 2 amide bonds. The van der Waals surface area contributed by atoms with E-state index in [0.717, 1.165) is 0 Å². The molecule has 2 atom stereocenters. The maximum Gasteiger partial charge on any atom is 0.405 e. The molecule has 0 aliphatic rings. The van der Waals surface area contributed by atoms with Gasteiger partial charge in [-0.1, -0.05) is 0 Å². The van der Waals surface area contributed by atoms with Crippen molar-refractivity contribution in [1.82, 2.24) is 5.32 Å². The molecule has 19 heavy (non-hydrogen) atoms. The van der Waals surface area contributed by atoms with E-state index in [1.807, 2.05) is 0 Å². The monoisotopic (exact) mass is 296 g/mol. The second kappa shape index (κ2) is 8.14. The minimum atomic E-state index is -3.44. The van der Waals surface area contributed by atoms with Crippen LogP contribution in [0.1, 0.15) is 27.7 Å². The first-order chi connectivity index (χ1) is 8.76. The van der Waals surface area contributed by atoms with Gasteiger partial charge < -0.3 is 24.8 Å². The SMILES string of the molecule is CCOP(=O)(OCC)C(C)NC(=O)C(C)OC(N)=O. The quantitative estimate of drug-likeness (QED) is 0.650. The molecule has 3 N–H and O–H groups in total. The molecule has 0 fully saturated rings. The van der Waals surface area contributed by atoms with Gasteiger partial charge in [-0.15, -0.1) is 0 Å². The first-order valence-corrected chi connectivity index (χ1v) is 7.53. The molecular formula is C10H21N2O6P. The topological polar surface area (TPSA) is 117 Å². The molecular weight excluding hydrogens is 275 g/mol. The number of amides is 2. The minimum Gasteiger partial charge on any atom is -0.437 e. The fourth-order valence-electron chi connectivity index (χ4n) is 1.25. The molecule has 0 radical (unpaired) electrons. The summed E-state index contributed by atoms with van der Waals surface area (Å²) in [7, 11) is -3.44. The van der Waals surface area contributed by atoms with E-state index >= 15 is 0 Å². The first kappa shape index (κ1) is 17.9. The molecule has 0 saturated carbocycles. The fraction of sp³-hybridized carbons (Fsp3) is 0.800. The summed E-state index contributed by atoms with van der Waals surface area (Å²) >= 11 is 0. The van der Waals surface area contributed by atoms with Gasteiger partial charge in [-0.05, 0) is 27.7 Å². The van der Waals surface area contributed by atoms with Gasteiger partial charge in [-0.25, -0.2) is 4.79 Å². The second-order valence-electron chi connectivity index (χ2n) is 3.64. The lowest BCUT2D eigenvalue weighted by atomic mass is 10.4. The Hall–Kier alpha value is -1.11. The summed E-state index contributed by atoms with van der Waals surface area (Å²) in [6.07, 6.45) is -2.15. The highest BCUT2D eigenvalue weighted by atomic mass is 31.2. The van der Waals surface area contributed by atoms with E-state index < -0.39 is 31.5 Å². The third kappa shape index (κ3) is 6.04. The van der Waals surface area contributed by atoms with Crippen LogP contribution in [0.3, 0.4) is 0 Å². The zero-order valence-corrected chi connectivity index (χ0v) is 12.4. The summed E-state index contributed by atoms with van der Waals surface area (Å²) in [5.41, 5.74) is 4.80. The maximum atomic E-state index is 12.3. The fourth-order valence-corrected chi connectivity index (χ4v) is 2.78. The van der Waals surface area contributed by atoms with Crippen molar-refractivity contribution in [3.63, 3.8) is 0 Å². The molecule has 0 spiro atoms. The van der Waals surface area contributed by atoms with Crippen LogP contribution in [-0.4, -0.2) is 37.1 Å². The third-order valence-corrected chi connectivity index (χ3v) is 4.42. The van der Waals surface area contributed by atoms with E-state index in [0.29, 0.717) is 0 Å². The standard InChI is InChI=1S/C10H21N2O6P/c1-5-16-19(15,17-6-2)8(4)12-9(13)7(3)18-10(11)14/h7-8H,5-6H2,1-4H3,(H2,11,14)(H,12,13). The van der Waals surface area contributed by atoms with Crippen molar-refractivity contribution in [2.45, 2.75) is 39.6 Å². The number of hydrogen-bond donors (Lipinski definition) is 2. The summed E-state index contributed by atoms with van der Waals surface area (Å²) in [5.74, 6) is -1.50. The number of nitrogens with one attached hydrogen (secondary N) is 1. The van der Waals surface area contributed by atoms with Crippen molar-refractivity contribution in [1.29, 1.82) is 0 Å². The summed E-state index contributed by atoms with van der Waals surface area (Å²) in [6, 6.07) is 0. The highest BCUT2D eigenvalue weighted by molar-refractivity contribution is 7.54. The average Bonchev–Trinajstić information content (AvgIpc) is 2.28. The smallest absolute Gasteiger partial charge is 0.405 e. The molecule has 0 aliphatic carbocycles. The second-order valence-corrected chi connectivity index (χ2v) is 6.01. The van der Waals surface area contributed by atoms with Gasteiger partial charge in [-0.3, -0.25) is 9.36 Å². The van der Waals surface area contributed by atoms with E-state index in [-0.39, 0.29) is 13.2 Å². The molecule has 0 aromatic rings. The molecule has 0 saturated heterocycles. The lowest BCUT2D eigenvalue weighted by Crippen LogP contribution is -2.41. The van der Waals surface area contributed by atoms with Crippen molar-refractivity contribution >= 4 is 19.6 Å². The molecule has 9 heteroatoms. The van der Waals surface area contributed by atoms with Gasteiger partial charge >= 0.3 is 13.7 Å². The van der Waals surface area contributed by atoms with Gasteiger partial charge in [-0.2, -0.15) is 0 Å². The van der Waals surface area contributed by atoms with E-state index in [1.165, 1.54) is 13.8 Å². The van der Waals surface area contributed by atoms with Crippen molar-refractivity contribution in [3.8, 4) is 0 Å².